The van der Waals surface area contributed by atoms with E-state index in [1.165, 1.54) is 12.2 Å². The number of nitrogens with one attached hydrogen (secondary N) is 1. The summed E-state index contributed by atoms with van der Waals surface area (Å²) in [5.74, 6) is 0.925. The van der Waals surface area contributed by atoms with Crippen LogP contribution in [-0.4, -0.2) is 23.5 Å². The first-order valence-electron chi connectivity index (χ1n) is 6.99. The van der Waals surface area contributed by atoms with Gasteiger partial charge in [-0.05, 0) is 25.8 Å². The van der Waals surface area contributed by atoms with Crippen LogP contribution in [0.5, 0.6) is 0 Å². The maximum Gasteiger partial charge on any atom is 0.132 e. The Morgan fingerprint density at radius 3 is 2.40 bits per heavy atom. The highest BCUT2D eigenvalue weighted by molar-refractivity contribution is 5.23. The zero-order valence-corrected chi connectivity index (χ0v) is 12.7. The minimum Gasteiger partial charge on any atom is -0.374 e. The first-order chi connectivity index (χ1) is 9.38. The smallest absolute Gasteiger partial charge is 0.132 e. The molecule has 4 heteroatoms. The molecule has 0 rings (SSSR count). The number of alkyl halides is 1. The quantitative estimate of drug-likeness (QED) is 0.528. The number of halogens is 2. The Bertz CT molecular complexity index is 384. The lowest BCUT2D eigenvalue weighted by Gasteiger charge is -2.24. The van der Waals surface area contributed by atoms with Gasteiger partial charge in [-0.3, -0.25) is 5.32 Å². The average Bonchev–Trinajstić information content (AvgIpc) is 2.43. The van der Waals surface area contributed by atoms with Crippen molar-refractivity contribution >= 4 is 0 Å². The predicted molar refractivity (Wildman–Crippen MR) is 79.4 cm³/mol. The summed E-state index contributed by atoms with van der Waals surface area (Å²) in [5, 5.41) is 12.8. The number of terminal acetylenes is 1. The minimum absolute atomic E-state index is 0.0339. The SMILES string of the molecule is C#C/C=C\C(C)/C(F)=C(\C(F)CC)C(O)NC(C)CC. The lowest BCUT2D eigenvalue weighted by atomic mass is 9.98. The summed E-state index contributed by atoms with van der Waals surface area (Å²) < 4.78 is 28.3. The fourth-order valence-electron chi connectivity index (χ4n) is 1.70. The molecule has 0 aliphatic rings. The Labute approximate surface area is 121 Å². The van der Waals surface area contributed by atoms with E-state index in [1.54, 1.807) is 13.8 Å². The van der Waals surface area contributed by atoms with E-state index >= 15 is 0 Å². The molecule has 0 radical (unpaired) electrons. The molecular formula is C16H25F2NO. The molecule has 4 atom stereocenters. The lowest BCUT2D eigenvalue weighted by Crippen LogP contribution is -2.40. The molecule has 0 fully saturated rings. The van der Waals surface area contributed by atoms with Gasteiger partial charge in [0, 0.05) is 17.5 Å². The van der Waals surface area contributed by atoms with E-state index in [4.69, 9.17) is 6.42 Å². The summed E-state index contributed by atoms with van der Waals surface area (Å²) in [4.78, 5) is 0. The molecule has 20 heavy (non-hydrogen) atoms. The standard InChI is InChI=1S/C16H25F2NO/c1-6-9-10-11(4)15(18)14(13(17)8-3)16(20)19-12(5)7-2/h1,9-13,16,19-20H,7-8H2,2-5H3/b10-9-,15-14-. The molecule has 0 saturated heterocycles. The van der Waals surface area contributed by atoms with Crippen molar-refractivity contribution < 1.29 is 13.9 Å². The van der Waals surface area contributed by atoms with E-state index in [9.17, 15) is 13.9 Å². The van der Waals surface area contributed by atoms with Crippen LogP contribution in [0.3, 0.4) is 0 Å². The lowest BCUT2D eigenvalue weighted by molar-refractivity contribution is 0.132. The number of aliphatic hydroxyl groups excluding tert-OH is 1. The summed E-state index contributed by atoms with van der Waals surface area (Å²) >= 11 is 0. The zero-order valence-electron chi connectivity index (χ0n) is 12.7. The third kappa shape index (κ3) is 5.85. The third-order valence-corrected chi connectivity index (χ3v) is 3.20. The third-order valence-electron chi connectivity index (χ3n) is 3.20. The van der Waals surface area contributed by atoms with Crippen molar-refractivity contribution in [2.24, 2.45) is 5.92 Å². The van der Waals surface area contributed by atoms with Crippen LogP contribution in [0.1, 0.15) is 40.5 Å². The van der Waals surface area contributed by atoms with Gasteiger partial charge in [-0.15, -0.1) is 6.42 Å². The molecule has 0 spiro atoms. The minimum atomic E-state index is -1.52. The van der Waals surface area contributed by atoms with Crippen LogP contribution < -0.4 is 5.32 Å². The maximum absolute atomic E-state index is 14.3. The molecule has 0 bridgehead atoms. The number of allylic oxidation sites excluding steroid dienone is 3. The zero-order chi connectivity index (χ0) is 15.7. The molecule has 0 aromatic carbocycles. The number of hydrogen-bond donors (Lipinski definition) is 2. The second-order valence-electron chi connectivity index (χ2n) is 4.87. The van der Waals surface area contributed by atoms with E-state index in [0.717, 1.165) is 6.42 Å². The van der Waals surface area contributed by atoms with Crippen molar-refractivity contribution in [3.63, 3.8) is 0 Å². The maximum atomic E-state index is 14.3. The second-order valence-corrected chi connectivity index (χ2v) is 4.87. The fourth-order valence-corrected chi connectivity index (χ4v) is 1.70. The van der Waals surface area contributed by atoms with Crippen molar-refractivity contribution in [3.05, 3.63) is 23.6 Å². The van der Waals surface area contributed by atoms with Crippen molar-refractivity contribution in [1.82, 2.24) is 5.32 Å². The van der Waals surface area contributed by atoms with E-state index in [2.05, 4.69) is 11.2 Å². The topological polar surface area (TPSA) is 32.3 Å². The summed E-state index contributed by atoms with van der Waals surface area (Å²) in [5.41, 5.74) is -0.234. The van der Waals surface area contributed by atoms with Crippen LogP contribution >= 0.6 is 0 Å². The van der Waals surface area contributed by atoms with Crippen LogP contribution in [0.2, 0.25) is 0 Å². The Morgan fingerprint density at radius 2 is 1.95 bits per heavy atom. The van der Waals surface area contributed by atoms with E-state index in [1.807, 2.05) is 13.8 Å². The van der Waals surface area contributed by atoms with Crippen molar-refractivity contribution in [2.45, 2.75) is 59.0 Å². The molecule has 2 N–H and O–H groups in total. The van der Waals surface area contributed by atoms with Crippen molar-refractivity contribution in [3.8, 4) is 12.3 Å². The summed E-state index contributed by atoms with van der Waals surface area (Å²) in [7, 11) is 0. The molecule has 114 valence electrons. The van der Waals surface area contributed by atoms with Crippen molar-refractivity contribution in [2.75, 3.05) is 0 Å². The highest BCUT2D eigenvalue weighted by Gasteiger charge is 2.26. The monoisotopic (exact) mass is 285 g/mol. The molecule has 0 aromatic heterocycles. The van der Waals surface area contributed by atoms with Gasteiger partial charge >= 0.3 is 0 Å². The van der Waals surface area contributed by atoms with Gasteiger partial charge in [0.15, 0.2) is 0 Å². The van der Waals surface area contributed by atoms with Gasteiger partial charge in [0.2, 0.25) is 0 Å². The van der Waals surface area contributed by atoms with Gasteiger partial charge in [-0.2, -0.15) is 0 Å². The van der Waals surface area contributed by atoms with Gasteiger partial charge in [0.25, 0.3) is 0 Å². The molecule has 2 nitrogen and oxygen atoms in total. The Balaban J connectivity index is 5.32. The molecule has 0 heterocycles. The molecule has 0 amide bonds. The first kappa shape index (κ1) is 18.8. The first-order valence-corrected chi connectivity index (χ1v) is 6.99. The predicted octanol–water partition coefficient (Wildman–Crippen LogP) is 3.49. The molecule has 0 saturated carbocycles. The molecule has 4 unspecified atom stereocenters. The van der Waals surface area contributed by atoms with Gasteiger partial charge in [0.05, 0.1) is 0 Å². The Morgan fingerprint density at radius 1 is 1.35 bits per heavy atom. The van der Waals surface area contributed by atoms with Gasteiger partial charge in [-0.1, -0.05) is 32.8 Å². The van der Waals surface area contributed by atoms with Crippen LogP contribution in [0.15, 0.2) is 23.6 Å². The number of aliphatic hydroxyl groups is 1. The number of rotatable bonds is 8. The Hall–Kier alpha value is -1.18. The van der Waals surface area contributed by atoms with Crippen molar-refractivity contribution in [1.29, 1.82) is 0 Å². The molecule has 0 aliphatic heterocycles. The highest BCUT2D eigenvalue weighted by Crippen LogP contribution is 2.26. The van der Waals surface area contributed by atoms with Crippen LogP contribution in [0.4, 0.5) is 8.78 Å². The second kappa shape index (κ2) is 9.68. The molecule has 0 aromatic rings. The average molecular weight is 285 g/mol. The van der Waals surface area contributed by atoms with Crippen LogP contribution in [0.25, 0.3) is 0 Å². The van der Waals surface area contributed by atoms with Gasteiger partial charge < -0.3 is 5.11 Å². The summed E-state index contributed by atoms with van der Waals surface area (Å²) in [6.07, 6.45) is 5.91. The fraction of sp³-hybridized carbons (Fsp3) is 0.625. The normalized spacial score (nSPS) is 19.1. The molecule has 0 aliphatic carbocycles. The summed E-state index contributed by atoms with van der Waals surface area (Å²) in [6.45, 7) is 6.95. The van der Waals surface area contributed by atoms with E-state index in [-0.39, 0.29) is 18.0 Å². The van der Waals surface area contributed by atoms with Gasteiger partial charge in [-0.25, -0.2) is 8.78 Å². The van der Waals surface area contributed by atoms with Gasteiger partial charge in [0.1, 0.15) is 18.2 Å². The van der Waals surface area contributed by atoms with E-state index in [0.29, 0.717) is 0 Å². The van der Waals surface area contributed by atoms with E-state index < -0.39 is 24.1 Å². The molecular weight excluding hydrogens is 260 g/mol. The summed E-state index contributed by atoms with van der Waals surface area (Å²) in [6, 6.07) is -0.0339. The largest absolute Gasteiger partial charge is 0.374 e. The van der Waals surface area contributed by atoms with Crippen LogP contribution in [-0.2, 0) is 0 Å². The highest BCUT2D eigenvalue weighted by atomic mass is 19.1. The Kier molecular flexibility index (Phi) is 9.11. The van der Waals surface area contributed by atoms with Crippen LogP contribution in [0, 0.1) is 18.3 Å². The number of hydrogen-bond acceptors (Lipinski definition) is 2.